The second kappa shape index (κ2) is 7.93. The number of amides is 1. The topological polar surface area (TPSA) is 46.9 Å². The summed E-state index contributed by atoms with van der Waals surface area (Å²) < 4.78 is 5.59. The summed E-state index contributed by atoms with van der Waals surface area (Å²) in [7, 11) is 0. The first-order valence-electron chi connectivity index (χ1n) is 8.40. The minimum absolute atomic E-state index is 0.0657. The molecule has 0 atom stereocenters. The second-order valence-corrected chi connectivity index (χ2v) is 6.27. The molecule has 1 aliphatic heterocycles. The molecule has 0 unspecified atom stereocenters. The van der Waals surface area contributed by atoms with Crippen LogP contribution in [0.4, 0.5) is 0 Å². The fourth-order valence-electron chi connectivity index (χ4n) is 2.91. The molecule has 0 radical (unpaired) electrons. The highest BCUT2D eigenvalue weighted by atomic mass is 16.5. The molecule has 1 amide bonds. The smallest absolute Gasteiger partial charge is 0.260 e. The van der Waals surface area contributed by atoms with E-state index in [2.05, 4.69) is 11.1 Å². The summed E-state index contributed by atoms with van der Waals surface area (Å²) in [5, 5.41) is 0. The molecule has 1 aliphatic rings. The SMILES string of the molecule is Cc1ccc(OCC(=O)N2CC[NH+](Cc3cccnc3)CC2)cc1. The third-order valence-electron chi connectivity index (χ3n) is 4.38. The van der Waals surface area contributed by atoms with Crippen LogP contribution in [0.15, 0.2) is 48.8 Å². The number of nitrogens with zero attached hydrogens (tertiary/aromatic N) is 2. The number of piperazine rings is 1. The summed E-state index contributed by atoms with van der Waals surface area (Å²) in [6.45, 7) is 6.60. The number of hydrogen-bond donors (Lipinski definition) is 1. The highest BCUT2D eigenvalue weighted by molar-refractivity contribution is 5.77. The van der Waals surface area contributed by atoms with E-state index in [4.69, 9.17) is 4.74 Å². The molecule has 5 heteroatoms. The lowest BCUT2D eigenvalue weighted by atomic mass is 10.2. The van der Waals surface area contributed by atoms with Crippen LogP contribution in [0.3, 0.4) is 0 Å². The van der Waals surface area contributed by atoms with Gasteiger partial charge in [0.1, 0.15) is 12.3 Å². The summed E-state index contributed by atoms with van der Waals surface area (Å²) in [5.74, 6) is 0.811. The molecule has 2 aromatic rings. The van der Waals surface area contributed by atoms with E-state index in [1.807, 2.05) is 48.4 Å². The minimum atomic E-state index is 0.0657. The monoisotopic (exact) mass is 326 g/mol. The van der Waals surface area contributed by atoms with Crippen molar-refractivity contribution in [2.24, 2.45) is 0 Å². The number of pyridine rings is 1. The standard InChI is InChI=1S/C19H23N3O2/c1-16-4-6-18(7-5-16)24-15-19(23)22-11-9-21(10-12-22)14-17-3-2-8-20-13-17/h2-8,13H,9-12,14-15H2,1H3/p+1. The number of hydrogen-bond acceptors (Lipinski definition) is 3. The number of aromatic nitrogens is 1. The van der Waals surface area contributed by atoms with E-state index in [1.165, 1.54) is 16.0 Å². The van der Waals surface area contributed by atoms with Crippen molar-refractivity contribution in [2.45, 2.75) is 13.5 Å². The summed E-state index contributed by atoms with van der Waals surface area (Å²) in [6, 6.07) is 11.8. The Morgan fingerprint density at radius 1 is 1.21 bits per heavy atom. The van der Waals surface area contributed by atoms with Crippen molar-refractivity contribution < 1.29 is 14.4 Å². The maximum Gasteiger partial charge on any atom is 0.260 e. The Balaban J connectivity index is 1.42. The molecule has 0 bridgehead atoms. The maximum atomic E-state index is 12.3. The van der Waals surface area contributed by atoms with Gasteiger partial charge in [-0.2, -0.15) is 0 Å². The number of carbonyl (C=O) groups is 1. The van der Waals surface area contributed by atoms with Crippen molar-refractivity contribution in [3.63, 3.8) is 0 Å². The third-order valence-corrected chi connectivity index (χ3v) is 4.38. The molecule has 1 aromatic carbocycles. The van der Waals surface area contributed by atoms with Gasteiger partial charge in [0.2, 0.25) is 0 Å². The van der Waals surface area contributed by atoms with Gasteiger partial charge >= 0.3 is 0 Å². The highest BCUT2D eigenvalue weighted by Gasteiger charge is 2.23. The van der Waals surface area contributed by atoms with Crippen LogP contribution >= 0.6 is 0 Å². The number of nitrogens with one attached hydrogen (secondary N) is 1. The van der Waals surface area contributed by atoms with Crippen molar-refractivity contribution >= 4 is 5.91 Å². The molecule has 1 saturated heterocycles. The number of aryl methyl sites for hydroxylation is 1. The van der Waals surface area contributed by atoms with E-state index < -0.39 is 0 Å². The Bertz CT molecular complexity index is 650. The number of quaternary nitrogens is 1. The van der Waals surface area contributed by atoms with Crippen LogP contribution in [0.2, 0.25) is 0 Å². The van der Waals surface area contributed by atoms with Crippen LogP contribution in [-0.4, -0.2) is 48.6 Å². The number of benzene rings is 1. The summed E-state index contributed by atoms with van der Waals surface area (Å²) in [5.41, 5.74) is 2.43. The summed E-state index contributed by atoms with van der Waals surface area (Å²) in [4.78, 5) is 19.8. The molecule has 1 fully saturated rings. The quantitative estimate of drug-likeness (QED) is 0.880. The molecule has 0 saturated carbocycles. The van der Waals surface area contributed by atoms with Gasteiger partial charge in [0.15, 0.2) is 6.61 Å². The molecule has 3 rings (SSSR count). The number of rotatable bonds is 5. The lowest BCUT2D eigenvalue weighted by molar-refractivity contribution is -0.917. The van der Waals surface area contributed by atoms with E-state index in [0.29, 0.717) is 0 Å². The highest BCUT2D eigenvalue weighted by Crippen LogP contribution is 2.11. The van der Waals surface area contributed by atoms with E-state index in [-0.39, 0.29) is 12.5 Å². The molecule has 2 heterocycles. The Morgan fingerprint density at radius 3 is 2.62 bits per heavy atom. The predicted molar refractivity (Wildman–Crippen MR) is 91.9 cm³/mol. The van der Waals surface area contributed by atoms with Crippen LogP contribution in [0.25, 0.3) is 0 Å². The van der Waals surface area contributed by atoms with Crippen LogP contribution < -0.4 is 9.64 Å². The normalized spacial score (nSPS) is 15.3. The zero-order valence-corrected chi connectivity index (χ0v) is 14.1. The van der Waals surface area contributed by atoms with Crippen LogP contribution in [-0.2, 0) is 11.3 Å². The molecule has 0 spiro atoms. The average molecular weight is 326 g/mol. The molecule has 24 heavy (non-hydrogen) atoms. The summed E-state index contributed by atoms with van der Waals surface area (Å²) >= 11 is 0. The Kier molecular flexibility index (Phi) is 5.43. The van der Waals surface area contributed by atoms with Crippen molar-refractivity contribution in [3.05, 3.63) is 59.9 Å². The van der Waals surface area contributed by atoms with Crippen LogP contribution in [0, 0.1) is 6.92 Å². The zero-order valence-electron chi connectivity index (χ0n) is 14.1. The minimum Gasteiger partial charge on any atom is -0.484 e. The molecular weight excluding hydrogens is 302 g/mol. The van der Waals surface area contributed by atoms with Crippen LogP contribution in [0.1, 0.15) is 11.1 Å². The average Bonchev–Trinajstić information content (AvgIpc) is 2.62. The Labute approximate surface area is 142 Å². The summed E-state index contributed by atoms with van der Waals surface area (Å²) in [6.07, 6.45) is 3.71. The van der Waals surface area contributed by atoms with Gasteiger partial charge in [-0.25, -0.2) is 0 Å². The maximum absolute atomic E-state index is 12.3. The Morgan fingerprint density at radius 2 is 1.96 bits per heavy atom. The number of carbonyl (C=O) groups excluding carboxylic acids is 1. The molecule has 1 N–H and O–H groups in total. The lowest BCUT2D eigenvalue weighted by Gasteiger charge is -2.32. The van der Waals surface area contributed by atoms with E-state index in [1.54, 1.807) is 6.20 Å². The molecule has 126 valence electrons. The van der Waals surface area contributed by atoms with Gasteiger partial charge in [0.25, 0.3) is 5.91 Å². The molecule has 5 nitrogen and oxygen atoms in total. The first kappa shape index (κ1) is 16.5. The van der Waals surface area contributed by atoms with Gasteiger partial charge in [0, 0.05) is 18.0 Å². The van der Waals surface area contributed by atoms with Crippen molar-refractivity contribution in [1.82, 2.24) is 9.88 Å². The van der Waals surface area contributed by atoms with Gasteiger partial charge in [-0.15, -0.1) is 0 Å². The molecule has 0 aliphatic carbocycles. The first-order chi connectivity index (χ1) is 11.7. The van der Waals surface area contributed by atoms with Crippen molar-refractivity contribution in [3.8, 4) is 5.75 Å². The van der Waals surface area contributed by atoms with Gasteiger partial charge in [-0.3, -0.25) is 9.78 Å². The third kappa shape index (κ3) is 4.55. The lowest BCUT2D eigenvalue weighted by Crippen LogP contribution is -3.13. The van der Waals surface area contributed by atoms with E-state index >= 15 is 0 Å². The van der Waals surface area contributed by atoms with Gasteiger partial charge < -0.3 is 14.5 Å². The van der Waals surface area contributed by atoms with Gasteiger partial charge in [-0.05, 0) is 25.1 Å². The van der Waals surface area contributed by atoms with Crippen LogP contribution in [0.5, 0.6) is 5.75 Å². The van der Waals surface area contributed by atoms with E-state index in [0.717, 1.165) is 38.5 Å². The zero-order chi connectivity index (χ0) is 16.8. The Hall–Kier alpha value is -2.40. The number of ether oxygens (including phenoxy) is 1. The molecule has 1 aromatic heterocycles. The first-order valence-corrected chi connectivity index (χ1v) is 8.40. The van der Waals surface area contributed by atoms with Gasteiger partial charge in [0.05, 0.1) is 26.2 Å². The fraction of sp³-hybridized carbons (Fsp3) is 0.368. The van der Waals surface area contributed by atoms with Crippen molar-refractivity contribution in [2.75, 3.05) is 32.8 Å². The molecular formula is C19H24N3O2+. The predicted octanol–water partition coefficient (Wildman–Crippen LogP) is 0.696. The fourth-order valence-corrected chi connectivity index (χ4v) is 2.91. The van der Waals surface area contributed by atoms with Crippen molar-refractivity contribution in [1.29, 1.82) is 0 Å². The van der Waals surface area contributed by atoms with Gasteiger partial charge in [-0.1, -0.05) is 23.8 Å². The second-order valence-electron chi connectivity index (χ2n) is 6.27. The largest absolute Gasteiger partial charge is 0.484 e. The van der Waals surface area contributed by atoms with E-state index in [9.17, 15) is 4.79 Å².